The highest BCUT2D eigenvalue weighted by Crippen LogP contribution is 2.28. The second-order valence-electron chi connectivity index (χ2n) is 6.23. The number of hydrogen-bond donors (Lipinski definition) is 1. The standard InChI is InChI=1S/C22H18F3NO4/c23-22(24,25)21(27)30-26-18-11-19(28-14-16-7-3-1-4-8-16)13-20(12-18)29-15-17-9-5-2-6-10-17/h1-13,26H,14-15H2. The Bertz CT molecular complexity index is 901. The molecule has 8 heteroatoms. The van der Waals surface area contributed by atoms with E-state index in [4.69, 9.17) is 9.47 Å². The predicted molar refractivity (Wildman–Crippen MR) is 104 cm³/mol. The van der Waals surface area contributed by atoms with E-state index in [0.717, 1.165) is 11.1 Å². The van der Waals surface area contributed by atoms with Gasteiger partial charge in [-0.1, -0.05) is 60.7 Å². The van der Waals surface area contributed by atoms with Gasteiger partial charge in [-0.05, 0) is 11.1 Å². The Balaban J connectivity index is 1.73. The third kappa shape index (κ3) is 6.44. The summed E-state index contributed by atoms with van der Waals surface area (Å²) >= 11 is 0. The van der Waals surface area contributed by atoms with Gasteiger partial charge in [0.2, 0.25) is 0 Å². The molecule has 0 amide bonds. The lowest BCUT2D eigenvalue weighted by atomic mass is 10.2. The molecule has 1 N–H and O–H groups in total. The lowest BCUT2D eigenvalue weighted by Gasteiger charge is -2.14. The summed E-state index contributed by atoms with van der Waals surface area (Å²) in [6.45, 7) is 0.482. The smallest absolute Gasteiger partial charge is 0.489 e. The van der Waals surface area contributed by atoms with Crippen LogP contribution < -0.4 is 15.0 Å². The fourth-order valence-electron chi connectivity index (χ4n) is 2.44. The number of rotatable bonds is 8. The first-order chi connectivity index (χ1) is 14.4. The SMILES string of the molecule is O=C(ONc1cc(OCc2ccccc2)cc(OCc2ccccc2)c1)C(F)(F)F. The normalized spacial score (nSPS) is 10.9. The Morgan fingerprint density at radius 2 is 1.23 bits per heavy atom. The second kappa shape index (κ2) is 9.69. The first-order valence-corrected chi connectivity index (χ1v) is 8.93. The average Bonchev–Trinajstić information content (AvgIpc) is 2.75. The number of benzene rings is 3. The Hall–Kier alpha value is -3.68. The summed E-state index contributed by atoms with van der Waals surface area (Å²) in [5.41, 5.74) is 3.89. The summed E-state index contributed by atoms with van der Waals surface area (Å²) in [6, 6.07) is 23.1. The molecule has 0 aliphatic rings. The highest BCUT2D eigenvalue weighted by molar-refractivity contribution is 5.76. The number of alkyl halides is 3. The number of carbonyl (C=O) groups is 1. The maximum Gasteiger partial charge on any atom is 0.493 e. The summed E-state index contributed by atoms with van der Waals surface area (Å²) in [4.78, 5) is 15.1. The second-order valence-corrected chi connectivity index (χ2v) is 6.23. The van der Waals surface area contributed by atoms with Crippen LogP contribution in [0.25, 0.3) is 0 Å². The first-order valence-electron chi connectivity index (χ1n) is 8.93. The minimum Gasteiger partial charge on any atom is -0.489 e. The van der Waals surface area contributed by atoms with E-state index >= 15 is 0 Å². The van der Waals surface area contributed by atoms with Crippen LogP contribution in [0.1, 0.15) is 11.1 Å². The summed E-state index contributed by atoms with van der Waals surface area (Å²) in [7, 11) is 0. The van der Waals surface area contributed by atoms with Crippen molar-refractivity contribution in [2.75, 3.05) is 5.48 Å². The average molecular weight is 417 g/mol. The van der Waals surface area contributed by atoms with Crippen molar-refractivity contribution in [3.63, 3.8) is 0 Å². The number of ether oxygens (including phenoxy) is 2. The van der Waals surface area contributed by atoms with Gasteiger partial charge in [0.05, 0.1) is 5.69 Å². The summed E-state index contributed by atoms with van der Waals surface area (Å²) in [5.74, 6) is -1.70. The van der Waals surface area contributed by atoms with Crippen LogP contribution in [0, 0.1) is 0 Å². The van der Waals surface area contributed by atoms with Crippen LogP contribution in [0.4, 0.5) is 18.9 Å². The van der Waals surface area contributed by atoms with Crippen LogP contribution in [0.2, 0.25) is 0 Å². The molecule has 0 unspecified atom stereocenters. The zero-order valence-electron chi connectivity index (χ0n) is 15.7. The van der Waals surface area contributed by atoms with E-state index in [0.29, 0.717) is 11.5 Å². The zero-order chi connectivity index (χ0) is 21.4. The highest BCUT2D eigenvalue weighted by Gasteiger charge is 2.41. The third-order valence-corrected chi connectivity index (χ3v) is 3.87. The van der Waals surface area contributed by atoms with Gasteiger partial charge in [-0.25, -0.2) is 10.3 Å². The van der Waals surface area contributed by atoms with Crippen LogP contribution in [0.5, 0.6) is 11.5 Å². The molecule has 3 aromatic carbocycles. The number of carbonyl (C=O) groups excluding carboxylic acids is 1. The van der Waals surface area contributed by atoms with Crippen LogP contribution in [0.15, 0.2) is 78.9 Å². The van der Waals surface area contributed by atoms with Crippen molar-refractivity contribution in [1.82, 2.24) is 0 Å². The lowest BCUT2D eigenvalue weighted by molar-refractivity contribution is -0.196. The van der Waals surface area contributed by atoms with Gasteiger partial charge in [0.15, 0.2) is 0 Å². The van der Waals surface area contributed by atoms with Gasteiger partial charge in [-0.2, -0.15) is 13.2 Å². The minimum absolute atomic E-state index is 0.0706. The van der Waals surface area contributed by atoms with Gasteiger partial charge in [0.25, 0.3) is 0 Å². The Kier molecular flexibility index (Phi) is 6.79. The maximum absolute atomic E-state index is 12.4. The van der Waals surface area contributed by atoms with Crippen molar-refractivity contribution in [3.05, 3.63) is 90.0 Å². The molecule has 0 radical (unpaired) electrons. The van der Waals surface area contributed by atoms with Gasteiger partial charge in [-0.15, -0.1) is 0 Å². The van der Waals surface area contributed by atoms with Gasteiger partial charge in [0.1, 0.15) is 24.7 Å². The summed E-state index contributed by atoms with van der Waals surface area (Å²) < 4.78 is 48.5. The maximum atomic E-state index is 12.4. The van der Waals surface area contributed by atoms with Gasteiger partial charge in [0, 0.05) is 18.2 Å². The van der Waals surface area contributed by atoms with Crippen molar-refractivity contribution in [3.8, 4) is 11.5 Å². The van der Waals surface area contributed by atoms with Gasteiger partial charge < -0.3 is 14.3 Å². The molecule has 0 atom stereocenters. The molecule has 0 heterocycles. The fourth-order valence-corrected chi connectivity index (χ4v) is 2.44. The first kappa shape index (κ1) is 21.0. The molecule has 0 aromatic heterocycles. The Morgan fingerprint density at radius 1 is 0.767 bits per heavy atom. The third-order valence-electron chi connectivity index (χ3n) is 3.87. The largest absolute Gasteiger partial charge is 0.493 e. The van der Waals surface area contributed by atoms with Crippen molar-refractivity contribution >= 4 is 11.7 Å². The van der Waals surface area contributed by atoms with E-state index in [9.17, 15) is 18.0 Å². The van der Waals surface area contributed by atoms with Crippen LogP contribution in [-0.2, 0) is 22.8 Å². The van der Waals surface area contributed by atoms with E-state index in [1.54, 1.807) is 6.07 Å². The molecule has 0 saturated heterocycles. The van der Waals surface area contributed by atoms with E-state index in [2.05, 4.69) is 4.84 Å². The van der Waals surface area contributed by atoms with Crippen molar-refractivity contribution in [2.24, 2.45) is 0 Å². The number of hydrogen-bond acceptors (Lipinski definition) is 5. The number of anilines is 1. The van der Waals surface area contributed by atoms with Crippen LogP contribution in [-0.4, -0.2) is 12.1 Å². The van der Waals surface area contributed by atoms with Crippen LogP contribution >= 0.6 is 0 Å². The molecule has 0 saturated carbocycles. The number of halogens is 3. The Labute approximate surface area is 171 Å². The zero-order valence-corrected chi connectivity index (χ0v) is 15.7. The molecule has 0 aliphatic heterocycles. The molecular formula is C22H18F3NO4. The molecule has 156 valence electrons. The predicted octanol–water partition coefficient (Wildman–Crippen LogP) is 5.28. The van der Waals surface area contributed by atoms with Crippen molar-refractivity contribution < 1.29 is 32.3 Å². The van der Waals surface area contributed by atoms with Crippen molar-refractivity contribution in [1.29, 1.82) is 0 Å². The molecule has 3 rings (SSSR count). The van der Waals surface area contributed by atoms with Gasteiger partial charge in [-0.3, -0.25) is 0 Å². The molecule has 0 bridgehead atoms. The van der Waals surface area contributed by atoms with E-state index < -0.39 is 12.1 Å². The summed E-state index contributed by atoms with van der Waals surface area (Å²) in [5, 5.41) is 0. The minimum atomic E-state index is -5.11. The summed E-state index contributed by atoms with van der Waals surface area (Å²) in [6.07, 6.45) is -5.11. The van der Waals surface area contributed by atoms with Crippen LogP contribution in [0.3, 0.4) is 0 Å². The molecular weight excluding hydrogens is 399 g/mol. The Morgan fingerprint density at radius 3 is 1.67 bits per heavy atom. The number of nitrogens with one attached hydrogen (secondary N) is 1. The van der Waals surface area contributed by atoms with E-state index in [1.165, 1.54) is 12.1 Å². The topological polar surface area (TPSA) is 56.8 Å². The quantitative estimate of drug-likeness (QED) is 0.506. The fraction of sp³-hybridized carbons (Fsp3) is 0.136. The van der Waals surface area contributed by atoms with E-state index in [1.807, 2.05) is 66.1 Å². The molecule has 5 nitrogen and oxygen atoms in total. The van der Waals surface area contributed by atoms with E-state index in [-0.39, 0.29) is 18.9 Å². The molecule has 30 heavy (non-hydrogen) atoms. The molecule has 3 aromatic rings. The monoisotopic (exact) mass is 417 g/mol. The highest BCUT2D eigenvalue weighted by atomic mass is 19.4. The van der Waals surface area contributed by atoms with Crippen molar-refractivity contribution in [2.45, 2.75) is 19.4 Å². The van der Waals surface area contributed by atoms with Gasteiger partial charge >= 0.3 is 12.1 Å². The molecule has 0 spiro atoms. The molecule has 0 fully saturated rings. The molecule has 0 aliphatic carbocycles. The lowest BCUT2D eigenvalue weighted by Crippen LogP contribution is -2.27.